The van der Waals surface area contributed by atoms with Crippen LogP contribution in [0.5, 0.6) is 0 Å². The summed E-state index contributed by atoms with van der Waals surface area (Å²) in [6, 6.07) is 10.4. The molecule has 16 heavy (non-hydrogen) atoms. The maximum Gasteiger partial charge on any atom is 0.153 e. The number of hydrogen-bond acceptors (Lipinski definition) is 2. The molecule has 0 bridgehead atoms. The molecule has 0 saturated carbocycles. The van der Waals surface area contributed by atoms with Crippen molar-refractivity contribution in [2.24, 2.45) is 0 Å². The predicted molar refractivity (Wildman–Crippen MR) is 63.6 cm³/mol. The Bertz CT molecular complexity index is 511. The van der Waals surface area contributed by atoms with Gasteiger partial charge in [0.15, 0.2) is 5.82 Å². The minimum absolute atomic E-state index is 0.988. The maximum absolute atomic E-state index is 4.32. The number of rotatable bonds is 1. The largest absolute Gasteiger partial charge is 0.246 e. The number of hydrogen-bond donors (Lipinski definition) is 0. The molecule has 2 heterocycles. The van der Waals surface area contributed by atoms with Gasteiger partial charge in [-0.25, -0.2) is 9.67 Å². The van der Waals surface area contributed by atoms with Gasteiger partial charge in [-0.15, -0.1) is 0 Å². The lowest BCUT2D eigenvalue weighted by Crippen LogP contribution is -2.11. The van der Waals surface area contributed by atoms with Gasteiger partial charge in [0.1, 0.15) is 6.33 Å². The normalized spacial score (nSPS) is 17.4. The predicted octanol–water partition coefficient (Wildman–Crippen LogP) is 2.61. The molecular formula is C13H13N3. The summed E-state index contributed by atoms with van der Waals surface area (Å²) < 4.78 is 1.98. The van der Waals surface area contributed by atoms with Crippen molar-refractivity contribution in [3.8, 4) is 0 Å². The molecule has 1 aromatic heterocycles. The minimum atomic E-state index is 0.988. The van der Waals surface area contributed by atoms with Gasteiger partial charge >= 0.3 is 0 Å². The van der Waals surface area contributed by atoms with Crippen molar-refractivity contribution in [1.82, 2.24) is 14.8 Å². The van der Waals surface area contributed by atoms with Gasteiger partial charge in [0.25, 0.3) is 0 Å². The van der Waals surface area contributed by atoms with Gasteiger partial charge in [0.05, 0.1) is 0 Å². The third-order valence-electron chi connectivity index (χ3n) is 2.86. The highest BCUT2D eigenvalue weighted by atomic mass is 15.3. The smallest absolute Gasteiger partial charge is 0.153 e. The van der Waals surface area contributed by atoms with Crippen LogP contribution in [0.25, 0.3) is 11.6 Å². The Morgan fingerprint density at radius 3 is 2.94 bits per heavy atom. The molecule has 3 nitrogen and oxygen atoms in total. The number of aryl methyl sites for hydroxylation is 1. The third kappa shape index (κ3) is 1.65. The van der Waals surface area contributed by atoms with Gasteiger partial charge in [-0.1, -0.05) is 30.3 Å². The quantitative estimate of drug-likeness (QED) is 0.726. The zero-order valence-corrected chi connectivity index (χ0v) is 9.00. The van der Waals surface area contributed by atoms with Gasteiger partial charge in [-0.2, -0.15) is 5.10 Å². The summed E-state index contributed by atoms with van der Waals surface area (Å²) in [4.78, 5) is 4.32. The van der Waals surface area contributed by atoms with E-state index in [0.29, 0.717) is 0 Å². The van der Waals surface area contributed by atoms with Crippen LogP contribution in [0.2, 0.25) is 0 Å². The summed E-state index contributed by atoms with van der Waals surface area (Å²) in [5.41, 5.74) is 2.52. The number of fused-ring (bicyclic) bond motifs is 1. The molecule has 0 amide bonds. The van der Waals surface area contributed by atoms with Gasteiger partial charge in [-0.05, 0) is 30.1 Å². The zero-order valence-electron chi connectivity index (χ0n) is 9.00. The molecule has 2 aromatic rings. The van der Waals surface area contributed by atoms with Gasteiger partial charge in [-0.3, -0.25) is 0 Å². The van der Waals surface area contributed by atoms with Crippen molar-refractivity contribution in [1.29, 1.82) is 0 Å². The molecule has 80 valence electrons. The van der Waals surface area contributed by atoms with E-state index in [4.69, 9.17) is 0 Å². The molecular weight excluding hydrogens is 198 g/mol. The van der Waals surface area contributed by atoms with E-state index in [2.05, 4.69) is 40.4 Å². The van der Waals surface area contributed by atoms with E-state index in [9.17, 15) is 0 Å². The summed E-state index contributed by atoms with van der Waals surface area (Å²) in [5.74, 6) is 1.02. The first-order valence-electron chi connectivity index (χ1n) is 5.57. The summed E-state index contributed by atoms with van der Waals surface area (Å²) in [5, 5.41) is 4.21. The van der Waals surface area contributed by atoms with E-state index in [1.807, 2.05) is 10.7 Å². The van der Waals surface area contributed by atoms with Crippen LogP contribution < -0.4 is 0 Å². The standard InChI is InChI=1S/C13H13N3/c1-2-5-11(6-3-1)9-12-7-4-8-16-13(12)14-10-15-16/h1-3,5-6,9-10H,4,7-8H2/b12-9-. The summed E-state index contributed by atoms with van der Waals surface area (Å²) in [6.45, 7) is 0.988. The summed E-state index contributed by atoms with van der Waals surface area (Å²) >= 11 is 0. The van der Waals surface area contributed by atoms with Crippen LogP contribution in [-0.2, 0) is 6.54 Å². The second-order valence-electron chi connectivity index (χ2n) is 3.99. The monoisotopic (exact) mass is 211 g/mol. The first-order chi connectivity index (χ1) is 7.93. The Balaban J connectivity index is 2.01. The molecule has 0 spiro atoms. The van der Waals surface area contributed by atoms with Crippen LogP contribution in [-0.4, -0.2) is 14.8 Å². The van der Waals surface area contributed by atoms with Crippen LogP contribution in [0, 0.1) is 0 Å². The SMILES string of the molecule is C(=C1\CCCn2ncnc21)/c1ccccc1. The van der Waals surface area contributed by atoms with E-state index in [1.165, 1.54) is 11.1 Å². The Kier molecular flexibility index (Phi) is 2.29. The lowest BCUT2D eigenvalue weighted by molar-refractivity contribution is 0.552. The average molecular weight is 211 g/mol. The van der Waals surface area contributed by atoms with E-state index in [-0.39, 0.29) is 0 Å². The lowest BCUT2D eigenvalue weighted by atomic mass is 10.0. The highest BCUT2D eigenvalue weighted by Crippen LogP contribution is 2.25. The third-order valence-corrected chi connectivity index (χ3v) is 2.86. The molecule has 1 aliphatic heterocycles. The first kappa shape index (κ1) is 9.33. The fraction of sp³-hybridized carbons (Fsp3) is 0.231. The fourth-order valence-electron chi connectivity index (χ4n) is 2.09. The van der Waals surface area contributed by atoms with Crippen LogP contribution >= 0.6 is 0 Å². The molecule has 0 N–H and O–H groups in total. The summed E-state index contributed by atoms with van der Waals surface area (Å²) in [7, 11) is 0. The second kappa shape index (κ2) is 3.93. The highest BCUT2D eigenvalue weighted by molar-refractivity contribution is 5.79. The molecule has 0 aliphatic carbocycles. The van der Waals surface area contributed by atoms with Crippen LogP contribution in [0.4, 0.5) is 0 Å². The molecule has 0 atom stereocenters. The van der Waals surface area contributed by atoms with Crippen molar-refractivity contribution in [3.05, 3.63) is 48.0 Å². The molecule has 1 aromatic carbocycles. The molecule has 1 aliphatic rings. The topological polar surface area (TPSA) is 30.7 Å². The van der Waals surface area contributed by atoms with E-state index < -0.39 is 0 Å². The molecule has 0 saturated heterocycles. The minimum Gasteiger partial charge on any atom is -0.246 e. The molecule has 3 rings (SSSR count). The van der Waals surface area contributed by atoms with Crippen molar-refractivity contribution < 1.29 is 0 Å². The first-order valence-corrected chi connectivity index (χ1v) is 5.57. The van der Waals surface area contributed by atoms with Crippen LogP contribution in [0.3, 0.4) is 0 Å². The van der Waals surface area contributed by atoms with Gasteiger partial charge in [0.2, 0.25) is 0 Å². The van der Waals surface area contributed by atoms with Crippen molar-refractivity contribution in [3.63, 3.8) is 0 Å². The Morgan fingerprint density at radius 1 is 1.19 bits per heavy atom. The van der Waals surface area contributed by atoms with Gasteiger partial charge in [0, 0.05) is 6.54 Å². The highest BCUT2D eigenvalue weighted by Gasteiger charge is 2.15. The fourth-order valence-corrected chi connectivity index (χ4v) is 2.09. The van der Waals surface area contributed by atoms with Crippen LogP contribution in [0.1, 0.15) is 24.2 Å². The maximum atomic E-state index is 4.32. The number of allylic oxidation sites excluding steroid dienone is 1. The van der Waals surface area contributed by atoms with Crippen molar-refractivity contribution >= 4 is 11.6 Å². The second-order valence-corrected chi connectivity index (χ2v) is 3.99. The molecule has 0 fully saturated rings. The summed E-state index contributed by atoms with van der Waals surface area (Å²) in [6.07, 6.45) is 6.09. The van der Waals surface area contributed by atoms with E-state index in [0.717, 1.165) is 25.2 Å². The Morgan fingerprint density at radius 2 is 2.06 bits per heavy atom. The molecule has 3 heteroatoms. The van der Waals surface area contributed by atoms with Crippen LogP contribution in [0.15, 0.2) is 36.7 Å². The average Bonchev–Trinajstić information content (AvgIpc) is 2.80. The van der Waals surface area contributed by atoms with E-state index in [1.54, 1.807) is 6.33 Å². The molecule has 0 radical (unpaired) electrons. The zero-order chi connectivity index (χ0) is 10.8. The van der Waals surface area contributed by atoms with Gasteiger partial charge < -0.3 is 0 Å². The number of nitrogens with zero attached hydrogens (tertiary/aromatic N) is 3. The Labute approximate surface area is 94.4 Å². The Hall–Kier alpha value is -1.90. The van der Waals surface area contributed by atoms with E-state index >= 15 is 0 Å². The number of aromatic nitrogens is 3. The molecule has 0 unspecified atom stereocenters. The van der Waals surface area contributed by atoms with Crippen molar-refractivity contribution in [2.45, 2.75) is 19.4 Å². The van der Waals surface area contributed by atoms with Crippen molar-refractivity contribution in [2.75, 3.05) is 0 Å². The number of benzene rings is 1. The lowest BCUT2D eigenvalue weighted by Gasteiger charge is -2.15.